The van der Waals surface area contributed by atoms with Crippen molar-refractivity contribution in [3.05, 3.63) is 42.0 Å². The first-order valence-corrected chi connectivity index (χ1v) is 8.05. The highest BCUT2D eigenvalue weighted by molar-refractivity contribution is 5.20. The highest BCUT2D eigenvalue weighted by Crippen LogP contribution is 2.16. The predicted octanol–water partition coefficient (Wildman–Crippen LogP) is 2.51. The first kappa shape index (κ1) is 16.0. The van der Waals surface area contributed by atoms with Crippen molar-refractivity contribution in [3.63, 3.8) is 0 Å². The van der Waals surface area contributed by atoms with E-state index < -0.39 is 0 Å². The number of aromatic nitrogens is 2. The minimum atomic E-state index is 0.317. The molecule has 0 aliphatic carbocycles. The largest absolute Gasteiger partial charge is 0.485 e. The van der Waals surface area contributed by atoms with Gasteiger partial charge in [-0.2, -0.15) is 4.98 Å². The lowest BCUT2D eigenvalue weighted by molar-refractivity contribution is 0.0538. The Hall–Kier alpha value is -1.92. The first-order valence-electron chi connectivity index (χ1n) is 8.05. The molecule has 0 bridgehead atoms. The van der Waals surface area contributed by atoms with Gasteiger partial charge in [-0.3, -0.25) is 4.90 Å². The van der Waals surface area contributed by atoms with Crippen LogP contribution in [0.5, 0.6) is 5.75 Å². The Balaban J connectivity index is 1.44. The van der Waals surface area contributed by atoms with Crippen LogP contribution in [0.4, 0.5) is 0 Å². The van der Waals surface area contributed by atoms with Crippen LogP contribution in [0.15, 0.2) is 34.9 Å². The van der Waals surface area contributed by atoms with E-state index in [0.29, 0.717) is 30.8 Å². The maximum absolute atomic E-state index is 5.62. The van der Waals surface area contributed by atoms with E-state index in [-0.39, 0.29) is 0 Å². The van der Waals surface area contributed by atoms with Gasteiger partial charge in [0.25, 0.3) is 0 Å². The van der Waals surface area contributed by atoms with E-state index in [1.54, 1.807) is 0 Å². The Morgan fingerprint density at radius 1 is 1.22 bits per heavy atom. The second kappa shape index (κ2) is 8.08. The van der Waals surface area contributed by atoms with Crippen molar-refractivity contribution in [2.24, 2.45) is 5.92 Å². The number of para-hydroxylation sites is 1. The zero-order valence-electron chi connectivity index (χ0n) is 13.5. The standard InChI is InChI=1S/C17H23N3O3/c1-20(11-14-7-9-21-10-8-14)12-17-18-16(19-23-17)13-22-15-5-3-2-4-6-15/h2-6,14H,7-13H2,1H3. The molecule has 0 saturated carbocycles. The predicted molar refractivity (Wildman–Crippen MR) is 84.9 cm³/mol. The monoisotopic (exact) mass is 317 g/mol. The molecule has 3 rings (SSSR count). The van der Waals surface area contributed by atoms with E-state index in [2.05, 4.69) is 22.1 Å². The summed E-state index contributed by atoms with van der Waals surface area (Å²) in [7, 11) is 2.08. The normalized spacial score (nSPS) is 15.9. The molecular formula is C17H23N3O3. The van der Waals surface area contributed by atoms with E-state index in [1.807, 2.05) is 30.3 Å². The SMILES string of the molecule is CN(Cc1nc(COc2ccccc2)no1)CC1CCOCC1. The molecule has 0 radical (unpaired) electrons. The smallest absolute Gasteiger partial charge is 0.240 e. The minimum Gasteiger partial charge on any atom is -0.485 e. The molecule has 1 saturated heterocycles. The van der Waals surface area contributed by atoms with E-state index >= 15 is 0 Å². The van der Waals surface area contributed by atoms with Crippen molar-refractivity contribution >= 4 is 0 Å². The van der Waals surface area contributed by atoms with Gasteiger partial charge in [0.15, 0.2) is 6.61 Å². The summed E-state index contributed by atoms with van der Waals surface area (Å²) in [4.78, 5) is 6.62. The lowest BCUT2D eigenvalue weighted by atomic mass is 10.00. The van der Waals surface area contributed by atoms with Gasteiger partial charge in [-0.1, -0.05) is 23.4 Å². The molecule has 23 heavy (non-hydrogen) atoms. The molecule has 0 unspecified atom stereocenters. The van der Waals surface area contributed by atoms with Crippen molar-refractivity contribution in [2.75, 3.05) is 26.8 Å². The fourth-order valence-corrected chi connectivity index (χ4v) is 2.74. The molecule has 1 fully saturated rings. The summed E-state index contributed by atoms with van der Waals surface area (Å²) in [6.07, 6.45) is 2.26. The second-order valence-corrected chi connectivity index (χ2v) is 5.96. The molecule has 1 aromatic heterocycles. The van der Waals surface area contributed by atoms with Crippen LogP contribution in [0.25, 0.3) is 0 Å². The fraction of sp³-hybridized carbons (Fsp3) is 0.529. The summed E-state index contributed by atoms with van der Waals surface area (Å²) in [6, 6.07) is 9.63. The molecule has 1 aliphatic heterocycles. The molecule has 1 aromatic carbocycles. The van der Waals surface area contributed by atoms with Gasteiger partial charge < -0.3 is 14.0 Å². The average molecular weight is 317 g/mol. The van der Waals surface area contributed by atoms with Gasteiger partial charge in [0.2, 0.25) is 11.7 Å². The summed E-state index contributed by atoms with van der Waals surface area (Å²) in [5, 5.41) is 3.97. The third kappa shape index (κ3) is 5.04. The molecule has 0 N–H and O–H groups in total. The molecule has 6 heteroatoms. The number of benzene rings is 1. The molecule has 1 aliphatic rings. The van der Waals surface area contributed by atoms with Crippen LogP contribution in [0.3, 0.4) is 0 Å². The van der Waals surface area contributed by atoms with Crippen LogP contribution in [-0.2, 0) is 17.9 Å². The molecular weight excluding hydrogens is 294 g/mol. The van der Waals surface area contributed by atoms with Crippen molar-refractivity contribution < 1.29 is 14.0 Å². The fourth-order valence-electron chi connectivity index (χ4n) is 2.74. The molecule has 2 aromatic rings. The Morgan fingerprint density at radius 3 is 2.78 bits per heavy atom. The molecule has 124 valence electrons. The van der Waals surface area contributed by atoms with Gasteiger partial charge in [-0.15, -0.1) is 0 Å². The van der Waals surface area contributed by atoms with Gasteiger partial charge in [0, 0.05) is 19.8 Å². The topological polar surface area (TPSA) is 60.6 Å². The number of hydrogen-bond acceptors (Lipinski definition) is 6. The minimum absolute atomic E-state index is 0.317. The van der Waals surface area contributed by atoms with Crippen LogP contribution in [0.1, 0.15) is 24.6 Å². The molecule has 0 atom stereocenters. The van der Waals surface area contributed by atoms with Crippen molar-refractivity contribution in [3.8, 4) is 5.75 Å². The summed E-state index contributed by atoms with van der Waals surface area (Å²) < 4.78 is 16.3. The number of nitrogens with zero attached hydrogens (tertiary/aromatic N) is 3. The van der Waals surface area contributed by atoms with Crippen molar-refractivity contribution in [2.45, 2.75) is 26.0 Å². The van der Waals surface area contributed by atoms with Crippen LogP contribution in [0, 0.1) is 5.92 Å². The van der Waals surface area contributed by atoms with Gasteiger partial charge in [0.1, 0.15) is 5.75 Å². The van der Waals surface area contributed by atoms with Crippen LogP contribution in [0.2, 0.25) is 0 Å². The maximum Gasteiger partial charge on any atom is 0.240 e. The van der Waals surface area contributed by atoms with Crippen molar-refractivity contribution in [1.29, 1.82) is 0 Å². The zero-order chi connectivity index (χ0) is 15.9. The zero-order valence-corrected chi connectivity index (χ0v) is 13.5. The van der Waals surface area contributed by atoms with Gasteiger partial charge in [0.05, 0.1) is 6.54 Å². The lowest BCUT2D eigenvalue weighted by Gasteiger charge is -2.26. The first-order chi connectivity index (χ1) is 11.3. The third-order valence-corrected chi connectivity index (χ3v) is 3.94. The molecule has 2 heterocycles. The van der Waals surface area contributed by atoms with Crippen molar-refractivity contribution in [1.82, 2.24) is 15.0 Å². The molecule has 6 nitrogen and oxygen atoms in total. The van der Waals surface area contributed by atoms with Crippen LogP contribution in [-0.4, -0.2) is 41.8 Å². The summed E-state index contributed by atoms with van der Waals surface area (Å²) in [5.74, 6) is 2.70. The molecule has 0 spiro atoms. The maximum atomic E-state index is 5.62. The van der Waals surface area contributed by atoms with Crippen LogP contribution >= 0.6 is 0 Å². The Bertz CT molecular complexity index is 582. The quantitative estimate of drug-likeness (QED) is 0.782. The average Bonchev–Trinajstić information content (AvgIpc) is 3.02. The Morgan fingerprint density at radius 2 is 2.00 bits per heavy atom. The highest BCUT2D eigenvalue weighted by atomic mass is 16.5. The number of hydrogen-bond donors (Lipinski definition) is 0. The van der Waals surface area contributed by atoms with E-state index in [1.165, 1.54) is 0 Å². The lowest BCUT2D eigenvalue weighted by Crippen LogP contribution is -2.29. The number of rotatable bonds is 7. The number of ether oxygens (including phenoxy) is 2. The summed E-state index contributed by atoms with van der Waals surface area (Å²) in [5.41, 5.74) is 0. The highest BCUT2D eigenvalue weighted by Gasteiger charge is 2.17. The van der Waals surface area contributed by atoms with Crippen LogP contribution < -0.4 is 4.74 Å². The van der Waals surface area contributed by atoms with Gasteiger partial charge in [-0.25, -0.2) is 0 Å². The van der Waals surface area contributed by atoms with E-state index in [0.717, 1.165) is 38.3 Å². The Labute approximate surface area is 136 Å². The summed E-state index contributed by atoms with van der Waals surface area (Å²) in [6.45, 7) is 3.76. The third-order valence-electron chi connectivity index (χ3n) is 3.94. The Kier molecular flexibility index (Phi) is 5.60. The van der Waals surface area contributed by atoms with E-state index in [9.17, 15) is 0 Å². The second-order valence-electron chi connectivity index (χ2n) is 5.96. The van der Waals surface area contributed by atoms with Gasteiger partial charge >= 0.3 is 0 Å². The summed E-state index contributed by atoms with van der Waals surface area (Å²) >= 11 is 0. The van der Waals surface area contributed by atoms with E-state index in [4.69, 9.17) is 14.0 Å². The van der Waals surface area contributed by atoms with Gasteiger partial charge in [-0.05, 0) is 37.9 Å². The molecule has 0 amide bonds.